The van der Waals surface area contributed by atoms with Crippen molar-refractivity contribution in [1.29, 1.82) is 0 Å². The van der Waals surface area contributed by atoms with Crippen molar-refractivity contribution in [2.24, 2.45) is 5.73 Å². The van der Waals surface area contributed by atoms with Crippen LogP contribution in [0.5, 0.6) is 0 Å². The minimum atomic E-state index is -2.80. The first-order chi connectivity index (χ1) is 6.12. The van der Waals surface area contributed by atoms with Gasteiger partial charge in [0.2, 0.25) is 0 Å². The Morgan fingerprint density at radius 2 is 1.77 bits per heavy atom. The van der Waals surface area contributed by atoms with E-state index >= 15 is 0 Å². The van der Waals surface area contributed by atoms with E-state index in [1.54, 1.807) is 0 Å². The molecule has 0 aliphatic carbocycles. The summed E-state index contributed by atoms with van der Waals surface area (Å²) in [4.78, 5) is 0. The van der Waals surface area contributed by atoms with Crippen molar-refractivity contribution >= 4 is 9.84 Å². The first kappa shape index (κ1) is 12.7. The van der Waals surface area contributed by atoms with Crippen LogP contribution in [0.15, 0.2) is 12.2 Å². The zero-order valence-corrected chi connectivity index (χ0v) is 9.02. The molecule has 0 fully saturated rings. The Morgan fingerprint density at radius 3 is 2.31 bits per heavy atom. The zero-order valence-electron chi connectivity index (χ0n) is 8.20. The molecule has 0 bridgehead atoms. The third kappa shape index (κ3) is 7.99. The summed E-state index contributed by atoms with van der Waals surface area (Å²) in [5.41, 5.74) is 5.27. The average Bonchev–Trinajstić information content (AvgIpc) is 2.04. The van der Waals surface area contributed by atoms with Crippen LogP contribution in [0.2, 0.25) is 0 Å². The highest BCUT2D eigenvalue weighted by molar-refractivity contribution is 7.91. The highest BCUT2D eigenvalue weighted by Gasteiger charge is 2.06. The maximum atomic E-state index is 11.2. The molecule has 0 aromatic rings. The van der Waals surface area contributed by atoms with Crippen LogP contribution in [-0.4, -0.2) is 26.5 Å². The van der Waals surface area contributed by atoms with Gasteiger partial charge in [-0.25, -0.2) is 8.42 Å². The van der Waals surface area contributed by atoms with Gasteiger partial charge >= 0.3 is 0 Å². The minimum absolute atomic E-state index is 0.266. The van der Waals surface area contributed by atoms with E-state index in [4.69, 9.17) is 5.73 Å². The Labute approximate surface area is 80.9 Å². The first-order valence-corrected chi connectivity index (χ1v) is 6.50. The summed E-state index contributed by atoms with van der Waals surface area (Å²) in [6.07, 6.45) is 5.96. The summed E-state index contributed by atoms with van der Waals surface area (Å²) in [5, 5.41) is 0. The maximum Gasteiger partial charge on any atom is 0.150 e. The van der Waals surface area contributed by atoms with E-state index in [9.17, 15) is 8.42 Å². The Morgan fingerprint density at radius 1 is 1.15 bits per heavy atom. The first-order valence-electron chi connectivity index (χ1n) is 4.68. The van der Waals surface area contributed by atoms with Gasteiger partial charge in [-0.1, -0.05) is 19.1 Å². The fourth-order valence-electron chi connectivity index (χ4n) is 0.993. The third-order valence-corrected chi connectivity index (χ3v) is 3.50. The van der Waals surface area contributed by atoms with Gasteiger partial charge in [-0.2, -0.15) is 0 Å². The highest BCUT2D eigenvalue weighted by atomic mass is 32.2. The fraction of sp³-hybridized carbons (Fsp3) is 0.778. The van der Waals surface area contributed by atoms with Crippen molar-refractivity contribution in [3.05, 3.63) is 12.2 Å². The Hall–Kier alpha value is -0.350. The predicted molar refractivity (Wildman–Crippen MR) is 56.4 cm³/mol. The molecule has 3 nitrogen and oxygen atoms in total. The number of nitrogens with two attached hydrogens (primary N) is 1. The second-order valence-electron chi connectivity index (χ2n) is 2.99. The largest absolute Gasteiger partial charge is 0.330 e. The second-order valence-corrected chi connectivity index (χ2v) is 5.29. The van der Waals surface area contributed by atoms with Crippen LogP contribution in [0, 0.1) is 0 Å². The van der Waals surface area contributed by atoms with E-state index in [2.05, 4.69) is 0 Å². The molecule has 78 valence electrons. The normalized spacial score (nSPS) is 12.5. The van der Waals surface area contributed by atoms with Gasteiger partial charge in [0.05, 0.1) is 5.75 Å². The van der Waals surface area contributed by atoms with Crippen molar-refractivity contribution in [3.8, 4) is 0 Å². The summed E-state index contributed by atoms with van der Waals surface area (Å²) in [6, 6.07) is 0. The summed E-state index contributed by atoms with van der Waals surface area (Å²) in [6.45, 7) is 2.50. The van der Waals surface area contributed by atoms with Crippen LogP contribution in [0.3, 0.4) is 0 Å². The topological polar surface area (TPSA) is 60.2 Å². The lowest BCUT2D eigenvalue weighted by molar-refractivity contribution is 0.594. The average molecular weight is 205 g/mol. The Balaban J connectivity index is 3.63. The highest BCUT2D eigenvalue weighted by Crippen LogP contribution is 1.97. The summed E-state index contributed by atoms with van der Waals surface area (Å²) in [7, 11) is -2.80. The predicted octanol–water partition coefficient (Wildman–Crippen LogP) is 1.11. The lowest BCUT2D eigenvalue weighted by atomic mass is 10.3. The lowest BCUT2D eigenvalue weighted by Crippen LogP contribution is -2.09. The molecule has 0 aliphatic heterocycles. The van der Waals surface area contributed by atoms with Gasteiger partial charge in [0, 0.05) is 5.75 Å². The molecule has 0 aromatic carbocycles. The summed E-state index contributed by atoms with van der Waals surface area (Å²) < 4.78 is 22.4. The molecule has 0 aromatic heterocycles. The molecular weight excluding hydrogens is 186 g/mol. The molecule has 0 rings (SSSR count). The van der Waals surface area contributed by atoms with Crippen molar-refractivity contribution in [3.63, 3.8) is 0 Å². The number of allylic oxidation sites excluding steroid dienone is 1. The molecule has 0 spiro atoms. The molecule has 13 heavy (non-hydrogen) atoms. The van der Waals surface area contributed by atoms with Gasteiger partial charge in [0.25, 0.3) is 0 Å². The third-order valence-electron chi connectivity index (χ3n) is 1.61. The van der Waals surface area contributed by atoms with Gasteiger partial charge < -0.3 is 5.73 Å². The van der Waals surface area contributed by atoms with Gasteiger partial charge in [0.1, 0.15) is 0 Å². The van der Waals surface area contributed by atoms with Crippen LogP contribution >= 0.6 is 0 Å². The molecule has 2 N–H and O–H groups in total. The quantitative estimate of drug-likeness (QED) is 0.633. The second kappa shape index (κ2) is 7.09. The molecule has 0 radical (unpaired) electrons. The van der Waals surface area contributed by atoms with Crippen LogP contribution in [-0.2, 0) is 9.84 Å². The molecule has 0 saturated heterocycles. The molecular formula is C9H19NO2S. The number of sulfone groups is 1. The molecule has 0 atom stereocenters. The van der Waals surface area contributed by atoms with Crippen molar-refractivity contribution in [2.45, 2.75) is 26.2 Å². The van der Waals surface area contributed by atoms with E-state index in [1.165, 1.54) is 0 Å². The maximum absolute atomic E-state index is 11.2. The van der Waals surface area contributed by atoms with E-state index in [0.717, 1.165) is 6.42 Å². The fourth-order valence-corrected chi connectivity index (χ4v) is 2.31. The molecule has 0 heterocycles. The molecule has 4 heteroatoms. The standard InChI is InChI=1S/C9H19NO2S/c1-2-8-13(11,12)9-6-4-3-5-7-10/h3-4H,2,5-10H2,1H3/b4-3+. The van der Waals surface area contributed by atoms with Crippen molar-refractivity contribution in [1.82, 2.24) is 0 Å². The van der Waals surface area contributed by atoms with E-state index in [-0.39, 0.29) is 5.75 Å². The van der Waals surface area contributed by atoms with E-state index in [0.29, 0.717) is 25.1 Å². The van der Waals surface area contributed by atoms with Crippen molar-refractivity contribution < 1.29 is 8.42 Å². The Kier molecular flexibility index (Phi) is 6.90. The van der Waals surface area contributed by atoms with Crippen LogP contribution in [0.1, 0.15) is 26.2 Å². The number of hydrogen-bond acceptors (Lipinski definition) is 3. The van der Waals surface area contributed by atoms with Gasteiger partial charge in [-0.05, 0) is 25.8 Å². The number of rotatable bonds is 7. The van der Waals surface area contributed by atoms with Crippen LogP contribution in [0.25, 0.3) is 0 Å². The molecule has 0 unspecified atom stereocenters. The van der Waals surface area contributed by atoms with Gasteiger partial charge in [0.15, 0.2) is 9.84 Å². The SMILES string of the molecule is CCCS(=O)(=O)CC/C=C/CCN. The monoisotopic (exact) mass is 205 g/mol. The summed E-state index contributed by atoms with van der Waals surface area (Å²) in [5.74, 6) is 0.569. The molecule has 0 saturated carbocycles. The Bertz CT molecular complexity index is 232. The smallest absolute Gasteiger partial charge is 0.150 e. The van der Waals surface area contributed by atoms with Gasteiger partial charge in [-0.15, -0.1) is 0 Å². The molecule has 0 aliphatic rings. The lowest BCUT2D eigenvalue weighted by Gasteiger charge is -1.98. The van der Waals surface area contributed by atoms with E-state index < -0.39 is 9.84 Å². The van der Waals surface area contributed by atoms with E-state index in [1.807, 2.05) is 19.1 Å². The van der Waals surface area contributed by atoms with Crippen LogP contribution in [0.4, 0.5) is 0 Å². The number of hydrogen-bond donors (Lipinski definition) is 1. The minimum Gasteiger partial charge on any atom is -0.330 e. The van der Waals surface area contributed by atoms with Crippen LogP contribution < -0.4 is 5.73 Å². The van der Waals surface area contributed by atoms with Crippen molar-refractivity contribution in [2.75, 3.05) is 18.1 Å². The molecule has 0 amide bonds. The zero-order chi connectivity index (χ0) is 10.2. The summed E-state index contributed by atoms with van der Waals surface area (Å²) >= 11 is 0. The van der Waals surface area contributed by atoms with Gasteiger partial charge in [-0.3, -0.25) is 0 Å².